The van der Waals surface area contributed by atoms with E-state index < -0.39 is 0 Å². The molecule has 0 aliphatic carbocycles. The fourth-order valence-corrected chi connectivity index (χ4v) is 3.00. The molecule has 2 N–H and O–H groups in total. The quantitative estimate of drug-likeness (QED) is 0.873. The molecule has 108 valence electrons. The van der Waals surface area contributed by atoms with E-state index in [9.17, 15) is 0 Å². The second-order valence-corrected chi connectivity index (χ2v) is 6.05. The first-order valence-electron chi connectivity index (χ1n) is 7.12. The number of benzene rings is 1. The number of aryl methyl sites for hydroxylation is 1. The maximum atomic E-state index is 5.87. The average Bonchev–Trinajstić information content (AvgIpc) is 2.79. The second kappa shape index (κ2) is 6.75. The molecule has 4 heteroatoms. The fourth-order valence-electron chi connectivity index (χ4n) is 2.05. The normalized spacial score (nSPS) is 12.3. The standard InChI is InChI=1S/C16H22N2OS/c1-4-11(3)19-13-8-6-7-12(9-13)10-15-14(5-2)18-16(17)20-15/h6-9,11H,4-5,10H2,1-3H3,(H2,17,18). The molecule has 0 saturated carbocycles. The Balaban J connectivity index is 2.14. The van der Waals surface area contributed by atoms with Crippen molar-refractivity contribution in [3.63, 3.8) is 0 Å². The Kier molecular flexibility index (Phi) is 5.01. The Morgan fingerprint density at radius 2 is 2.15 bits per heavy atom. The van der Waals surface area contributed by atoms with Crippen LogP contribution in [0.1, 0.15) is 43.3 Å². The Bertz CT molecular complexity index is 565. The molecule has 1 atom stereocenters. The minimum atomic E-state index is 0.246. The summed E-state index contributed by atoms with van der Waals surface area (Å²) in [6.45, 7) is 6.33. The number of rotatable bonds is 6. The molecule has 0 spiro atoms. The van der Waals surface area contributed by atoms with Gasteiger partial charge in [-0.15, -0.1) is 11.3 Å². The highest BCUT2D eigenvalue weighted by Gasteiger charge is 2.09. The van der Waals surface area contributed by atoms with Crippen molar-refractivity contribution in [3.8, 4) is 5.75 Å². The van der Waals surface area contributed by atoms with E-state index in [0.717, 1.165) is 30.7 Å². The third-order valence-electron chi connectivity index (χ3n) is 3.30. The van der Waals surface area contributed by atoms with Gasteiger partial charge in [0.2, 0.25) is 0 Å². The summed E-state index contributed by atoms with van der Waals surface area (Å²) in [6.07, 6.45) is 3.05. The van der Waals surface area contributed by atoms with Crippen LogP contribution in [0.15, 0.2) is 24.3 Å². The van der Waals surface area contributed by atoms with Crippen molar-refractivity contribution >= 4 is 16.5 Å². The number of hydrogen-bond donors (Lipinski definition) is 1. The smallest absolute Gasteiger partial charge is 0.180 e. The van der Waals surface area contributed by atoms with Crippen LogP contribution < -0.4 is 10.5 Å². The minimum Gasteiger partial charge on any atom is -0.491 e. The molecule has 3 nitrogen and oxygen atoms in total. The van der Waals surface area contributed by atoms with Crippen LogP contribution in [0.25, 0.3) is 0 Å². The molecular weight excluding hydrogens is 268 g/mol. The number of aromatic nitrogens is 1. The highest BCUT2D eigenvalue weighted by Crippen LogP contribution is 2.25. The van der Waals surface area contributed by atoms with Gasteiger partial charge in [0.15, 0.2) is 5.13 Å². The van der Waals surface area contributed by atoms with Crippen LogP contribution in [0.2, 0.25) is 0 Å². The Labute approximate surface area is 124 Å². The van der Waals surface area contributed by atoms with Gasteiger partial charge in [0.1, 0.15) is 5.75 Å². The molecule has 2 rings (SSSR count). The molecule has 1 unspecified atom stereocenters. The summed E-state index contributed by atoms with van der Waals surface area (Å²) in [6, 6.07) is 8.29. The summed E-state index contributed by atoms with van der Waals surface area (Å²) in [5, 5.41) is 0.656. The number of nitrogens with two attached hydrogens (primary N) is 1. The number of thiazole rings is 1. The zero-order valence-corrected chi connectivity index (χ0v) is 13.2. The van der Waals surface area contributed by atoms with Crippen molar-refractivity contribution in [1.29, 1.82) is 0 Å². The van der Waals surface area contributed by atoms with E-state index in [-0.39, 0.29) is 6.10 Å². The van der Waals surface area contributed by atoms with E-state index in [0.29, 0.717) is 5.13 Å². The summed E-state index contributed by atoms with van der Waals surface area (Å²) < 4.78 is 5.87. The number of anilines is 1. The van der Waals surface area contributed by atoms with Crippen LogP contribution in [0, 0.1) is 0 Å². The first kappa shape index (κ1) is 14.9. The Morgan fingerprint density at radius 1 is 1.35 bits per heavy atom. The lowest BCUT2D eigenvalue weighted by Crippen LogP contribution is -2.09. The molecule has 1 aromatic carbocycles. The average molecular weight is 290 g/mol. The molecule has 1 aromatic heterocycles. The van der Waals surface area contributed by atoms with Gasteiger partial charge in [0.25, 0.3) is 0 Å². The molecule has 1 heterocycles. The van der Waals surface area contributed by atoms with Gasteiger partial charge >= 0.3 is 0 Å². The Morgan fingerprint density at radius 3 is 2.85 bits per heavy atom. The van der Waals surface area contributed by atoms with E-state index in [1.54, 1.807) is 11.3 Å². The molecule has 2 aromatic rings. The third-order valence-corrected chi connectivity index (χ3v) is 4.23. The van der Waals surface area contributed by atoms with Crippen molar-refractivity contribution in [2.45, 2.75) is 46.1 Å². The zero-order valence-electron chi connectivity index (χ0n) is 12.3. The lowest BCUT2D eigenvalue weighted by molar-refractivity contribution is 0.217. The topological polar surface area (TPSA) is 48.1 Å². The van der Waals surface area contributed by atoms with E-state index in [1.165, 1.54) is 10.4 Å². The zero-order chi connectivity index (χ0) is 14.5. The maximum Gasteiger partial charge on any atom is 0.180 e. The van der Waals surface area contributed by atoms with Gasteiger partial charge in [-0.2, -0.15) is 0 Å². The maximum absolute atomic E-state index is 5.87. The third kappa shape index (κ3) is 3.73. The van der Waals surface area contributed by atoms with E-state index in [2.05, 4.69) is 37.9 Å². The van der Waals surface area contributed by atoms with E-state index in [1.807, 2.05) is 12.1 Å². The van der Waals surface area contributed by atoms with Crippen molar-refractivity contribution in [1.82, 2.24) is 4.98 Å². The van der Waals surface area contributed by atoms with Crippen molar-refractivity contribution in [2.75, 3.05) is 5.73 Å². The molecular formula is C16H22N2OS. The van der Waals surface area contributed by atoms with Crippen LogP contribution in [0.3, 0.4) is 0 Å². The van der Waals surface area contributed by atoms with Gasteiger partial charge in [0.05, 0.1) is 11.8 Å². The van der Waals surface area contributed by atoms with Crippen LogP contribution in [0.5, 0.6) is 5.75 Å². The van der Waals surface area contributed by atoms with Gasteiger partial charge in [-0.3, -0.25) is 0 Å². The molecule has 0 radical (unpaired) electrons. The van der Waals surface area contributed by atoms with Crippen LogP contribution >= 0.6 is 11.3 Å². The molecule has 0 aliphatic rings. The van der Waals surface area contributed by atoms with Crippen molar-refractivity contribution in [3.05, 3.63) is 40.4 Å². The minimum absolute atomic E-state index is 0.246. The van der Waals surface area contributed by atoms with Gasteiger partial charge < -0.3 is 10.5 Å². The molecule has 20 heavy (non-hydrogen) atoms. The van der Waals surface area contributed by atoms with E-state index >= 15 is 0 Å². The van der Waals surface area contributed by atoms with Crippen LogP contribution in [-0.2, 0) is 12.8 Å². The largest absolute Gasteiger partial charge is 0.491 e. The lowest BCUT2D eigenvalue weighted by Gasteiger charge is -2.13. The highest BCUT2D eigenvalue weighted by atomic mass is 32.1. The number of nitrogen functional groups attached to an aromatic ring is 1. The first-order chi connectivity index (χ1) is 9.62. The second-order valence-electron chi connectivity index (χ2n) is 4.94. The number of nitrogens with zero attached hydrogens (tertiary/aromatic N) is 1. The molecule has 0 aliphatic heterocycles. The summed E-state index contributed by atoms with van der Waals surface area (Å²) in [4.78, 5) is 5.63. The Hall–Kier alpha value is -1.55. The molecule has 0 bridgehead atoms. The van der Waals surface area contributed by atoms with Crippen molar-refractivity contribution < 1.29 is 4.74 Å². The van der Waals surface area contributed by atoms with Gasteiger partial charge in [-0.25, -0.2) is 4.98 Å². The van der Waals surface area contributed by atoms with Gasteiger partial charge in [0, 0.05) is 11.3 Å². The lowest BCUT2D eigenvalue weighted by atomic mass is 10.1. The summed E-state index contributed by atoms with van der Waals surface area (Å²) in [7, 11) is 0. The molecule has 0 fully saturated rings. The van der Waals surface area contributed by atoms with E-state index in [4.69, 9.17) is 10.5 Å². The number of hydrogen-bond acceptors (Lipinski definition) is 4. The van der Waals surface area contributed by atoms with Gasteiger partial charge in [-0.1, -0.05) is 26.0 Å². The fraction of sp³-hybridized carbons (Fsp3) is 0.438. The summed E-state index contributed by atoms with van der Waals surface area (Å²) in [5.41, 5.74) is 8.16. The van der Waals surface area contributed by atoms with Crippen LogP contribution in [0.4, 0.5) is 5.13 Å². The SMILES string of the molecule is CCc1nc(N)sc1Cc1cccc(OC(C)CC)c1. The molecule has 0 amide bonds. The predicted molar refractivity (Wildman–Crippen MR) is 85.5 cm³/mol. The predicted octanol–water partition coefficient (Wildman–Crippen LogP) is 4.06. The van der Waals surface area contributed by atoms with Crippen molar-refractivity contribution in [2.24, 2.45) is 0 Å². The molecule has 0 saturated heterocycles. The summed E-state index contributed by atoms with van der Waals surface area (Å²) in [5.74, 6) is 0.937. The monoisotopic (exact) mass is 290 g/mol. The number of ether oxygens (including phenoxy) is 1. The first-order valence-corrected chi connectivity index (χ1v) is 7.93. The van der Waals surface area contributed by atoms with Gasteiger partial charge in [-0.05, 0) is 37.5 Å². The highest BCUT2D eigenvalue weighted by molar-refractivity contribution is 7.15. The summed E-state index contributed by atoms with van der Waals surface area (Å²) >= 11 is 1.58. The van der Waals surface area contributed by atoms with Crippen LogP contribution in [-0.4, -0.2) is 11.1 Å².